The van der Waals surface area contributed by atoms with Crippen molar-refractivity contribution >= 4 is 51.0 Å². The second-order valence-electron chi connectivity index (χ2n) is 7.77. The van der Waals surface area contributed by atoms with Gasteiger partial charge < -0.3 is 15.4 Å². The molecule has 0 saturated heterocycles. The quantitative estimate of drug-likeness (QED) is 0.450. The van der Waals surface area contributed by atoms with E-state index < -0.39 is 5.92 Å². The number of hydrogen-bond acceptors (Lipinski definition) is 5. The molecule has 1 heterocycles. The largest absolute Gasteiger partial charge is 0.487 e. The molecule has 0 amide bonds. The molecular weight excluding hydrogens is 635 g/mol. The fraction of sp³-hybridized carbons (Fsp3) is 0.250. The number of benzene rings is 2. The van der Waals surface area contributed by atoms with E-state index in [0.717, 1.165) is 36.8 Å². The van der Waals surface area contributed by atoms with Crippen LogP contribution in [0.4, 0.5) is 4.39 Å². The normalized spacial score (nSPS) is 18.5. The predicted octanol–water partition coefficient (Wildman–Crippen LogP) is 5.34. The maximum Gasteiger partial charge on any atom is 0.161 e. The van der Waals surface area contributed by atoms with E-state index >= 15 is 0 Å². The summed E-state index contributed by atoms with van der Waals surface area (Å²) in [5.41, 5.74) is 10.0. The van der Waals surface area contributed by atoms with Crippen LogP contribution >= 0.6 is 45.2 Å². The number of nitriles is 1. The van der Waals surface area contributed by atoms with Gasteiger partial charge in [0.15, 0.2) is 5.78 Å². The highest BCUT2D eigenvalue weighted by molar-refractivity contribution is 14.1. The molecule has 1 aliphatic carbocycles. The van der Waals surface area contributed by atoms with Gasteiger partial charge in [0.1, 0.15) is 24.0 Å². The fourth-order valence-corrected chi connectivity index (χ4v) is 6.34. The minimum absolute atomic E-state index is 0.0741. The highest BCUT2D eigenvalue weighted by atomic mass is 127. The second-order valence-corrected chi connectivity index (χ2v) is 10.1. The monoisotopic (exact) mass is 655 g/mol. The maximum atomic E-state index is 13.1. The van der Waals surface area contributed by atoms with Crippen molar-refractivity contribution in [1.82, 2.24) is 4.90 Å². The molecule has 0 spiro atoms. The Bertz CT molecular complexity index is 1180. The van der Waals surface area contributed by atoms with Crippen molar-refractivity contribution in [2.24, 2.45) is 5.73 Å². The number of hydrogen-bond donors (Lipinski definition) is 1. The Kier molecular flexibility index (Phi) is 6.76. The number of nitrogens with zero attached hydrogens (tertiary/aromatic N) is 2. The Labute approximate surface area is 213 Å². The molecule has 0 bridgehead atoms. The molecular formula is C24H20FI2N3O2. The van der Waals surface area contributed by atoms with E-state index in [1.807, 2.05) is 19.2 Å². The zero-order chi connectivity index (χ0) is 23.0. The second kappa shape index (κ2) is 9.39. The van der Waals surface area contributed by atoms with Crippen LogP contribution in [0.2, 0.25) is 0 Å². The summed E-state index contributed by atoms with van der Waals surface area (Å²) in [4.78, 5) is 14.7. The Morgan fingerprint density at radius 2 is 1.88 bits per heavy atom. The van der Waals surface area contributed by atoms with Gasteiger partial charge in [0.2, 0.25) is 0 Å². The Morgan fingerprint density at radius 1 is 1.22 bits per heavy atom. The third-order valence-corrected chi connectivity index (χ3v) is 7.42. The van der Waals surface area contributed by atoms with Crippen molar-refractivity contribution in [3.05, 3.63) is 83.1 Å². The first kappa shape index (κ1) is 23.0. The molecule has 8 heteroatoms. The summed E-state index contributed by atoms with van der Waals surface area (Å²) in [6, 6.07) is 12.4. The standard InChI is InChI=1S/C24H20FI2N3O2/c1-30-19-3-2-4-20(31)22(19)21(16(11-28)24(30)29)14-9-17(26)23(18(27)10-14)32-12-13-5-7-15(25)8-6-13/h5-10,21H,2-4,12,29H2,1H3/t21-/m1/s1. The Balaban J connectivity index is 1.72. The molecule has 2 N–H and O–H groups in total. The number of carbonyl (C=O) groups excluding carboxylic acids is 1. The Morgan fingerprint density at radius 3 is 2.50 bits per heavy atom. The van der Waals surface area contributed by atoms with E-state index in [2.05, 4.69) is 51.3 Å². The van der Waals surface area contributed by atoms with Gasteiger partial charge in [0.05, 0.1) is 24.7 Å². The lowest BCUT2D eigenvalue weighted by Crippen LogP contribution is -2.36. The maximum absolute atomic E-state index is 13.1. The SMILES string of the molecule is CN1C(N)=C(C#N)[C@@H](c2cc(I)c(OCc3ccc(F)cc3)c(I)c2)C2=C1CCCC2=O. The van der Waals surface area contributed by atoms with Crippen molar-refractivity contribution in [2.45, 2.75) is 31.8 Å². The molecule has 32 heavy (non-hydrogen) atoms. The van der Waals surface area contributed by atoms with Crippen molar-refractivity contribution in [3.8, 4) is 11.8 Å². The molecule has 1 atom stereocenters. The predicted molar refractivity (Wildman–Crippen MR) is 136 cm³/mol. The van der Waals surface area contributed by atoms with Gasteiger partial charge in [-0.1, -0.05) is 12.1 Å². The van der Waals surface area contributed by atoms with Crippen LogP contribution in [0.5, 0.6) is 5.75 Å². The third kappa shape index (κ3) is 4.24. The number of carbonyl (C=O) groups is 1. The number of nitrogens with two attached hydrogens (primary N) is 1. The van der Waals surface area contributed by atoms with Crippen molar-refractivity contribution < 1.29 is 13.9 Å². The number of Topliss-reactive ketones (excluding diaryl/α,β-unsaturated/α-hetero) is 1. The summed E-state index contributed by atoms with van der Waals surface area (Å²) in [6.07, 6.45) is 2.03. The zero-order valence-corrected chi connectivity index (χ0v) is 21.6. The number of halogens is 3. The van der Waals surface area contributed by atoms with E-state index in [0.29, 0.717) is 35.7 Å². The first-order valence-corrected chi connectivity index (χ1v) is 12.2. The average Bonchev–Trinajstić information content (AvgIpc) is 2.77. The van der Waals surface area contributed by atoms with Crippen LogP contribution in [0.3, 0.4) is 0 Å². The highest BCUT2D eigenvalue weighted by Crippen LogP contribution is 2.45. The lowest BCUT2D eigenvalue weighted by molar-refractivity contribution is -0.116. The van der Waals surface area contributed by atoms with Crippen LogP contribution in [-0.2, 0) is 11.4 Å². The molecule has 4 rings (SSSR count). The first-order chi connectivity index (χ1) is 15.3. The number of ether oxygens (including phenoxy) is 1. The number of ketones is 1. The van der Waals surface area contributed by atoms with Crippen LogP contribution in [0, 0.1) is 24.3 Å². The lowest BCUT2D eigenvalue weighted by Gasteiger charge is -2.37. The smallest absolute Gasteiger partial charge is 0.161 e. The first-order valence-electron chi connectivity index (χ1n) is 10.1. The minimum Gasteiger partial charge on any atom is -0.487 e. The molecule has 1 aliphatic heterocycles. The fourth-order valence-electron chi connectivity index (χ4n) is 4.22. The van der Waals surface area contributed by atoms with Crippen LogP contribution in [0.15, 0.2) is 59.1 Å². The molecule has 2 aromatic rings. The van der Waals surface area contributed by atoms with Gasteiger partial charge in [-0.05, 0) is 93.4 Å². The van der Waals surface area contributed by atoms with E-state index in [9.17, 15) is 14.4 Å². The molecule has 2 aliphatic rings. The topological polar surface area (TPSA) is 79.3 Å². The summed E-state index contributed by atoms with van der Waals surface area (Å²) >= 11 is 4.41. The number of allylic oxidation sites excluding steroid dienone is 3. The highest BCUT2D eigenvalue weighted by Gasteiger charge is 2.39. The van der Waals surface area contributed by atoms with E-state index in [1.54, 1.807) is 17.0 Å². The molecule has 5 nitrogen and oxygen atoms in total. The van der Waals surface area contributed by atoms with Crippen molar-refractivity contribution in [3.63, 3.8) is 0 Å². The Hall–Kier alpha value is -2.13. The minimum atomic E-state index is -0.479. The van der Waals surface area contributed by atoms with Gasteiger partial charge >= 0.3 is 0 Å². The molecule has 2 aromatic carbocycles. The molecule has 0 aromatic heterocycles. The van der Waals surface area contributed by atoms with Crippen LogP contribution in [0.1, 0.15) is 36.3 Å². The molecule has 0 fully saturated rings. The van der Waals surface area contributed by atoms with Gasteiger partial charge in [-0.2, -0.15) is 5.26 Å². The van der Waals surface area contributed by atoms with Crippen LogP contribution < -0.4 is 10.5 Å². The molecule has 164 valence electrons. The third-order valence-electron chi connectivity index (χ3n) is 5.82. The van der Waals surface area contributed by atoms with E-state index in [-0.39, 0.29) is 11.6 Å². The lowest BCUT2D eigenvalue weighted by atomic mass is 9.76. The van der Waals surface area contributed by atoms with Gasteiger partial charge in [-0.15, -0.1) is 0 Å². The van der Waals surface area contributed by atoms with Crippen molar-refractivity contribution in [2.75, 3.05) is 7.05 Å². The molecule has 0 saturated carbocycles. The zero-order valence-electron chi connectivity index (χ0n) is 17.3. The summed E-state index contributed by atoms with van der Waals surface area (Å²) in [6.45, 7) is 0.309. The van der Waals surface area contributed by atoms with E-state index in [4.69, 9.17) is 10.5 Å². The summed E-state index contributed by atoms with van der Waals surface area (Å²) in [7, 11) is 1.82. The van der Waals surface area contributed by atoms with Crippen molar-refractivity contribution in [1.29, 1.82) is 5.26 Å². The summed E-state index contributed by atoms with van der Waals surface area (Å²) < 4.78 is 20.9. The average molecular weight is 655 g/mol. The van der Waals surface area contributed by atoms with Gasteiger partial charge in [0.25, 0.3) is 0 Å². The summed E-state index contributed by atoms with van der Waals surface area (Å²) in [5, 5.41) is 9.91. The van der Waals surface area contributed by atoms with Crippen LogP contribution in [-0.4, -0.2) is 17.7 Å². The van der Waals surface area contributed by atoms with Crippen LogP contribution in [0.25, 0.3) is 0 Å². The van der Waals surface area contributed by atoms with Gasteiger partial charge in [-0.25, -0.2) is 4.39 Å². The molecule has 0 unspecified atom stereocenters. The number of rotatable bonds is 4. The molecule has 0 radical (unpaired) electrons. The van der Waals surface area contributed by atoms with Gasteiger partial charge in [-0.3, -0.25) is 4.79 Å². The van der Waals surface area contributed by atoms with Gasteiger partial charge in [0, 0.05) is 24.7 Å². The summed E-state index contributed by atoms with van der Waals surface area (Å²) in [5.74, 6) is 0.420. The van der Waals surface area contributed by atoms with E-state index in [1.165, 1.54) is 12.1 Å².